The van der Waals surface area contributed by atoms with Gasteiger partial charge in [-0.25, -0.2) is 15.0 Å². The number of hydrogen-bond donors (Lipinski definition) is 1. The van der Waals surface area contributed by atoms with Gasteiger partial charge in [0.15, 0.2) is 0 Å². The van der Waals surface area contributed by atoms with Gasteiger partial charge < -0.3 is 14.2 Å². The lowest BCUT2D eigenvalue weighted by Crippen LogP contribution is -2.29. The predicted molar refractivity (Wildman–Crippen MR) is 111 cm³/mol. The molecule has 7 heteroatoms. The van der Waals surface area contributed by atoms with Crippen molar-refractivity contribution in [1.29, 1.82) is 0 Å². The number of methoxy groups -OCH3 is 1. The molecule has 152 valence electrons. The molecule has 0 aliphatic carbocycles. The van der Waals surface area contributed by atoms with Crippen molar-refractivity contribution < 1.29 is 23.8 Å². The zero-order valence-corrected chi connectivity index (χ0v) is 16.8. The molecule has 7 nitrogen and oxygen atoms in total. The molecule has 0 fully saturated rings. The maximum Gasteiger partial charge on any atom is 0.428 e. The van der Waals surface area contributed by atoms with E-state index in [1.54, 1.807) is 70.4 Å². The molecule has 0 aliphatic rings. The lowest BCUT2D eigenvalue weighted by atomic mass is 10.2. The van der Waals surface area contributed by atoms with Crippen LogP contribution in [-0.2, 0) is 9.53 Å². The van der Waals surface area contributed by atoms with E-state index in [1.165, 1.54) is 12.3 Å². The number of carbonyl (C=O) groups excluding carboxylic acids is 2. The summed E-state index contributed by atoms with van der Waals surface area (Å²) in [5.74, 6) is 0.585. The summed E-state index contributed by atoms with van der Waals surface area (Å²) in [4.78, 5) is 23.6. The monoisotopic (exact) mass is 396 g/mol. The second-order valence-electron chi connectivity index (χ2n) is 6.97. The fraction of sp³-hybridized carbons (Fsp3) is 0.227. The van der Waals surface area contributed by atoms with E-state index in [4.69, 9.17) is 14.2 Å². The highest BCUT2D eigenvalue weighted by molar-refractivity contribution is 5.89. The van der Waals surface area contributed by atoms with Gasteiger partial charge in [-0.15, -0.1) is 0 Å². The fourth-order valence-corrected chi connectivity index (χ4v) is 2.15. The molecule has 0 heterocycles. The van der Waals surface area contributed by atoms with Gasteiger partial charge in [0, 0.05) is 6.08 Å². The molecule has 0 aliphatic heterocycles. The van der Waals surface area contributed by atoms with E-state index in [0.29, 0.717) is 11.3 Å². The normalized spacial score (nSPS) is 11.4. The number of hydrogen-bond acceptors (Lipinski definition) is 6. The van der Waals surface area contributed by atoms with E-state index < -0.39 is 17.7 Å². The molecule has 0 aromatic heterocycles. The number of hydrazone groups is 1. The van der Waals surface area contributed by atoms with Crippen LogP contribution in [0.4, 0.5) is 4.79 Å². The topological polar surface area (TPSA) is 86.2 Å². The second kappa shape index (κ2) is 10.1. The first-order valence-corrected chi connectivity index (χ1v) is 8.91. The van der Waals surface area contributed by atoms with Crippen LogP contribution in [0.15, 0.2) is 59.7 Å². The van der Waals surface area contributed by atoms with Crippen LogP contribution in [0.2, 0.25) is 0 Å². The van der Waals surface area contributed by atoms with Crippen molar-refractivity contribution in [3.05, 3.63) is 65.7 Å². The maximum absolute atomic E-state index is 12.0. The quantitative estimate of drug-likeness (QED) is 0.260. The Hall–Kier alpha value is -3.61. The van der Waals surface area contributed by atoms with Gasteiger partial charge in [0.25, 0.3) is 0 Å². The van der Waals surface area contributed by atoms with Crippen LogP contribution in [0.1, 0.15) is 31.9 Å². The molecule has 2 aromatic rings. The van der Waals surface area contributed by atoms with Crippen LogP contribution in [0, 0.1) is 0 Å². The lowest BCUT2D eigenvalue weighted by Gasteiger charge is -2.18. The van der Waals surface area contributed by atoms with Crippen LogP contribution in [0.5, 0.6) is 11.5 Å². The second-order valence-corrected chi connectivity index (χ2v) is 6.97. The molecule has 0 saturated heterocycles. The van der Waals surface area contributed by atoms with Crippen molar-refractivity contribution in [2.24, 2.45) is 5.10 Å². The molecule has 29 heavy (non-hydrogen) atoms. The molecule has 0 atom stereocenters. The molecule has 0 saturated carbocycles. The number of carbonyl (C=O) groups is 2. The van der Waals surface area contributed by atoms with E-state index in [2.05, 4.69) is 10.5 Å². The summed E-state index contributed by atoms with van der Waals surface area (Å²) in [5, 5.41) is 3.82. The molecule has 0 bridgehead atoms. The Labute approximate surface area is 170 Å². The summed E-state index contributed by atoms with van der Waals surface area (Å²) in [5.41, 5.74) is 3.16. The van der Waals surface area contributed by atoms with Gasteiger partial charge in [0.1, 0.15) is 17.1 Å². The SMILES string of the molecule is COc1ccc(/C=C/C(=O)Oc2cccc(/C=N/NC(=O)OC(C)(C)C)c2)cc1. The summed E-state index contributed by atoms with van der Waals surface area (Å²) in [6.07, 6.45) is 3.76. The standard InChI is InChI=1S/C22H24N2O5/c1-22(2,3)29-21(26)24-23-15-17-6-5-7-19(14-17)28-20(25)13-10-16-8-11-18(27-4)12-9-16/h5-15H,1-4H3,(H,24,26)/b13-10+,23-15+. The summed E-state index contributed by atoms with van der Waals surface area (Å²) >= 11 is 0. The van der Waals surface area contributed by atoms with Gasteiger partial charge in [-0.2, -0.15) is 5.10 Å². The molecular weight excluding hydrogens is 372 g/mol. The van der Waals surface area contributed by atoms with Gasteiger partial charge >= 0.3 is 12.1 Å². The molecule has 0 spiro atoms. The maximum atomic E-state index is 12.0. The van der Waals surface area contributed by atoms with Crippen LogP contribution in [0.3, 0.4) is 0 Å². The first-order valence-electron chi connectivity index (χ1n) is 8.91. The van der Waals surface area contributed by atoms with E-state index in [0.717, 1.165) is 11.3 Å². The summed E-state index contributed by atoms with van der Waals surface area (Å²) in [6, 6.07) is 14.0. The summed E-state index contributed by atoms with van der Waals surface area (Å²) < 4.78 is 15.5. The van der Waals surface area contributed by atoms with E-state index in [1.807, 2.05) is 12.1 Å². The van der Waals surface area contributed by atoms with E-state index in [-0.39, 0.29) is 0 Å². The van der Waals surface area contributed by atoms with Crippen LogP contribution in [-0.4, -0.2) is 31.0 Å². The lowest BCUT2D eigenvalue weighted by molar-refractivity contribution is -0.128. The number of nitrogens with one attached hydrogen (secondary N) is 1. The van der Waals surface area contributed by atoms with Gasteiger partial charge in [-0.05, 0) is 62.2 Å². The smallest absolute Gasteiger partial charge is 0.428 e. The van der Waals surface area contributed by atoms with Crippen molar-refractivity contribution in [2.45, 2.75) is 26.4 Å². The first-order chi connectivity index (χ1) is 13.7. The number of ether oxygens (including phenoxy) is 3. The van der Waals surface area contributed by atoms with Gasteiger partial charge in [-0.1, -0.05) is 24.3 Å². The number of amides is 1. The summed E-state index contributed by atoms with van der Waals surface area (Å²) in [7, 11) is 1.59. The van der Waals surface area contributed by atoms with Gasteiger partial charge in [0.2, 0.25) is 0 Å². The average molecular weight is 396 g/mol. The third-order valence-electron chi connectivity index (χ3n) is 3.37. The van der Waals surface area contributed by atoms with E-state index >= 15 is 0 Å². The number of nitrogens with zero attached hydrogens (tertiary/aromatic N) is 1. The molecule has 1 N–H and O–H groups in total. The highest BCUT2D eigenvalue weighted by Gasteiger charge is 2.15. The van der Waals surface area contributed by atoms with Crippen molar-refractivity contribution in [3.8, 4) is 11.5 Å². The third-order valence-corrected chi connectivity index (χ3v) is 3.37. The van der Waals surface area contributed by atoms with Gasteiger partial charge in [-0.3, -0.25) is 0 Å². The highest BCUT2D eigenvalue weighted by atomic mass is 16.6. The summed E-state index contributed by atoms with van der Waals surface area (Å²) in [6.45, 7) is 5.28. The average Bonchev–Trinajstić information content (AvgIpc) is 2.65. The highest BCUT2D eigenvalue weighted by Crippen LogP contribution is 2.14. The van der Waals surface area contributed by atoms with Crippen LogP contribution in [0.25, 0.3) is 6.08 Å². The van der Waals surface area contributed by atoms with Crippen molar-refractivity contribution in [2.75, 3.05) is 7.11 Å². The minimum absolute atomic E-state index is 0.357. The molecule has 1 amide bonds. The number of benzene rings is 2. The first kappa shape index (κ1) is 21.7. The van der Waals surface area contributed by atoms with E-state index in [9.17, 15) is 9.59 Å². The third kappa shape index (κ3) is 8.30. The molecule has 0 radical (unpaired) electrons. The Kier molecular flexibility index (Phi) is 7.54. The Balaban J connectivity index is 1.91. The number of rotatable bonds is 6. The zero-order chi connectivity index (χ0) is 21.3. The Morgan fingerprint density at radius 1 is 1.00 bits per heavy atom. The largest absolute Gasteiger partial charge is 0.497 e. The fourth-order valence-electron chi connectivity index (χ4n) is 2.15. The minimum atomic E-state index is -0.653. The molecule has 2 aromatic carbocycles. The molecule has 0 unspecified atom stereocenters. The Morgan fingerprint density at radius 3 is 2.38 bits per heavy atom. The molecular formula is C22H24N2O5. The Morgan fingerprint density at radius 2 is 1.72 bits per heavy atom. The van der Waals surface area contributed by atoms with Crippen LogP contribution >= 0.6 is 0 Å². The van der Waals surface area contributed by atoms with Crippen LogP contribution < -0.4 is 14.9 Å². The van der Waals surface area contributed by atoms with Crippen molar-refractivity contribution in [1.82, 2.24) is 5.43 Å². The van der Waals surface area contributed by atoms with Gasteiger partial charge in [0.05, 0.1) is 13.3 Å². The minimum Gasteiger partial charge on any atom is -0.497 e. The molecule has 2 rings (SSSR count). The number of esters is 1. The zero-order valence-electron chi connectivity index (χ0n) is 16.8. The van der Waals surface area contributed by atoms with Crippen molar-refractivity contribution in [3.63, 3.8) is 0 Å². The predicted octanol–water partition coefficient (Wildman–Crippen LogP) is 4.17. The van der Waals surface area contributed by atoms with Crippen molar-refractivity contribution >= 4 is 24.4 Å². The Bertz CT molecular complexity index is 896.